The van der Waals surface area contributed by atoms with Gasteiger partial charge in [-0.05, 0) is 44.9 Å². The van der Waals surface area contributed by atoms with Crippen molar-refractivity contribution in [3.8, 4) is 0 Å². The molecule has 0 aromatic heterocycles. The fourth-order valence-electron chi connectivity index (χ4n) is 6.48. The standard InChI is InChI=1S/C47H87O10P/c1-3-5-7-9-11-13-15-17-19-21-23-24-26-28-30-32-34-36-38-46(50)54-42-45(43-56-58(52,53)55-41-44(49)40-48)57-47(51)39-37-35-33-31-29-27-25-22-20-18-16-14-12-10-8-6-4-2/h6,8,12,14,18,20,44-45,48-49H,3-5,7,9-11,13,15-17,19,21-43H2,1-2H3,(H,52,53)/b8-6-,14-12-,20-18-. The molecule has 340 valence electrons. The van der Waals surface area contributed by atoms with E-state index in [9.17, 15) is 24.2 Å². The summed E-state index contributed by atoms with van der Waals surface area (Å²) in [6.45, 7) is 2.29. The van der Waals surface area contributed by atoms with Crippen LogP contribution in [0.4, 0.5) is 0 Å². The predicted octanol–water partition coefficient (Wildman–Crippen LogP) is 12.7. The Morgan fingerprint density at radius 3 is 1.43 bits per heavy atom. The van der Waals surface area contributed by atoms with Crippen LogP contribution in [0.1, 0.15) is 213 Å². The molecule has 3 atom stereocenters. The van der Waals surface area contributed by atoms with Gasteiger partial charge < -0.3 is 24.6 Å². The van der Waals surface area contributed by atoms with Gasteiger partial charge in [0.05, 0.1) is 19.8 Å². The lowest BCUT2D eigenvalue weighted by atomic mass is 10.0. The number of hydrogen-bond donors (Lipinski definition) is 3. The van der Waals surface area contributed by atoms with Gasteiger partial charge in [-0.2, -0.15) is 0 Å². The summed E-state index contributed by atoms with van der Waals surface area (Å²) in [5, 5.41) is 18.4. The van der Waals surface area contributed by atoms with Crippen molar-refractivity contribution < 1.29 is 47.8 Å². The van der Waals surface area contributed by atoms with E-state index in [1.165, 1.54) is 103 Å². The van der Waals surface area contributed by atoms with Gasteiger partial charge in [-0.15, -0.1) is 0 Å². The highest BCUT2D eigenvalue weighted by Crippen LogP contribution is 2.43. The Bertz CT molecular complexity index is 1060. The highest BCUT2D eigenvalue weighted by molar-refractivity contribution is 7.47. The smallest absolute Gasteiger partial charge is 0.462 e. The Morgan fingerprint density at radius 1 is 0.534 bits per heavy atom. The lowest BCUT2D eigenvalue weighted by molar-refractivity contribution is -0.161. The minimum absolute atomic E-state index is 0.174. The minimum atomic E-state index is -4.62. The number of ether oxygens (including phenoxy) is 2. The third-order valence-corrected chi connectivity index (χ3v) is 11.0. The van der Waals surface area contributed by atoms with Gasteiger partial charge in [0.15, 0.2) is 6.10 Å². The fourth-order valence-corrected chi connectivity index (χ4v) is 7.27. The SMILES string of the molecule is CC/C=C\C/C=C\C/C=C\CCCCCCCCCC(=O)OC(COC(=O)CCCCCCCCCCCCCCCCCCCC)COP(=O)(O)OCC(O)CO. The van der Waals surface area contributed by atoms with Crippen molar-refractivity contribution in [1.82, 2.24) is 0 Å². The fraction of sp³-hybridized carbons (Fsp3) is 0.830. The van der Waals surface area contributed by atoms with E-state index in [0.717, 1.165) is 70.6 Å². The summed E-state index contributed by atoms with van der Waals surface area (Å²) in [5.74, 6) is -0.928. The molecule has 0 saturated heterocycles. The monoisotopic (exact) mass is 843 g/mol. The lowest BCUT2D eigenvalue weighted by Crippen LogP contribution is -2.29. The second-order valence-corrected chi connectivity index (χ2v) is 17.2. The van der Waals surface area contributed by atoms with Crippen molar-refractivity contribution >= 4 is 19.8 Å². The number of unbranched alkanes of at least 4 members (excludes halogenated alkanes) is 24. The maximum atomic E-state index is 12.6. The van der Waals surface area contributed by atoms with Crippen molar-refractivity contribution in [1.29, 1.82) is 0 Å². The molecule has 0 bridgehead atoms. The van der Waals surface area contributed by atoms with Crippen molar-refractivity contribution in [2.45, 2.75) is 225 Å². The number of phosphoric acid groups is 1. The molecule has 0 heterocycles. The number of esters is 2. The maximum absolute atomic E-state index is 12.6. The Kier molecular flexibility index (Phi) is 41.9. The highest BCUT2D eigenvalue weighted by Gasteiger charge is 2.27. The van der Waals surface area contributed by atoms with Crippen LogP contribution in [0.2, 0.25) is 0 Å². The summed E-state index contributed by atoms with van der Waals surface area (Å²) in [6.07, 6.45) is 45.3. The zero-order chi connectivity index (χ0) is 42.6. The summed E-state index contributed by atoms with van der Waals surface area (Å²) in [5.41, 5.74) is 0. The number of allylic oxidation sites excluding steroid dienone is 6. The van der Waals surface area contributed by atoms with Crippen LogP contribution < -0.4 is 0 Å². The molecular weight excluding hydrogens is 755 g/mol. The van der Waals surface area contributed by atoms with Crippen LogP contribution in [0, 0.1) is 0 Å². The second kappa shape index (κ2) is 43.3. The number of rotatable bonds is 44. The highest BCUT2D eigenvalue weighted by atomic mass is 31.2. The van der Waals surface area contributed by atoms with Crippen LogP contribution in [-0.4, -0.2) is 65.7 Å². The molecule has 10 nitrogen and oxygen atoms in total. The molecule has 0 aliphatic rings. The molecule has 0 aliphatic carbocycles. The van der Waals surface area contributed by atoms with Gasteiger partial charge in [0, 0.05) is 12.8 Å². The van der Waals surface area contributed by atoms with Gasteiger partial charge in [0.2, 0.25) is 0 Å². The van der Waals surface area contributed by atoms with E-state index < -0.39 is 51.8 Å². The molecule has 3 unspecified atom stereocenters. The van der Waals surface area contributed by atoms with Crippen LogP contribution in [0.3, 0.4) is 0 Å². The van der Waals surface area contributed by atoms with Crippen molar-refractivity contribution in [3.63, 3.8) is 0 Å². The van der Waals surface area contributed by atoms with Crippen LogP contribution in [0.15, 0.2) is 36.5 Å². The topological polar surface area (TPSA) is 149 Å². The molecule has 0 aromatic rings. The number of aliphatic hydroxyl groups excluding tert-OH is 2. The molecule has 0 aromatic carbocycles. The number of hydrogen-bond acceptors (Lipinski definition) is 9. The van der Waals surface area contributed by atoms with Crippen molar-refractivity contribution in [2.75, 3.05) is 26.4 Å². The molecule has 0 aliphatic heterocycles. The molecule has 0 spiro atoms. The first-order valence-electron chi connectivity index (χ1n) is 23.4. The van der Waals surface area contributed by atoms with Crippen molar-refractivity contribution in [2.24, 2.45) is 0 Å². The summed E-state index contributed by atoms with van der Waals surface area (Å²) in [4.78, 5) is 35.1. The van der Waals surface area contributed by atoms with Gasteiger partial charge in [-0.1, -0.05) is 192 Å². The first-order chi connectivity index (χ1) is 28.2. The third-order valence-electron chi connectivity index (χ3n) is 10.1. The third kappa shape index (κ3) is 42.3. The molecule has 0 saturated carbocycles. The molecule has 0 fully saturated rings. The van der Waals surface area contributed by atoms with Gasteiger partial charge >= 0.3 is 19.8 Å². The zero-order valence-electron chi connectivity index (χ0n) is 37.0. The molecule has 0 radical (unpaired) electrons. The normalized spacial score (nSPS) is 14.1. The maximum Gasteiger partial charge on any atom is 0.472 e. The van der Waals surface area contributed by atoms with E-state index in [2.05, 4.69) is 50.3 Å². The van der Waals surface area contributed by atoms with Crippen LogP contribution >= 0.6 is 7.82 Å². The summed E-state index contributed by atoms with van der Waals surface area (Å²) in [6, 6.07) is 0. The van der Waals surface area contributed by atoms with Crippen LogP contribution in [0.25, 0.3) is 0 Å². The number of aliphatic hydroxyl groups is 2. The Balaban J connectivity index is 4.23. The minimum Gasteiger partial charge on any atom is -0.462 e. The molecule has 58 heavy (non-hydrogen) atoms. The molecule has 0 amide bonds. The Morgan fingerprint density at radius 2 is 0.948 bits per heavy atom. The van der Waals surface area contributed by atoms with Crippen molar-refractivity contribution in [3.05, 3.63) is 36.5 Å². The van der Waals surface area contributed by atoms with Crippen LogP contribution in [0.5, 0.6) is 0 Å². The number of carbonyl (C=O) groups is 2. The van der Waals surface area contributed by atoms with E-state index >= 15 is 0 Å². The molecule has 0 rings (SSSR count). The first kappa shape index (κ1) is 56.2. The van der Waals surface area contributed by atoms with E-state index in [1.54, 1.807) is 0 Å². The van der Waals surface area contributed by atoms with Gasteiger partial charge in [-0.25, -0.2) is 4.57 Å². The second-order valence-electron chi connectivity index (χ2n) is 15.8. The molecule has 11 heteroatoms. The Hall–Kier alpha value is -1.81. The molecule has 3 N–H and O–H groups in total. The van der Waals surface area contributed by atoms with E-state index in [-0.39, 0.29) is 19.4 Å². The average Bonchev–Trinajstić information content (AvgIpc) is 3.21. The zero-order valence-corrected chi connectivity index (χ0v) is 37.9. The van der Waals surface area contributed by atoms with Gasteiger partial charge in [-0.3, -0.25) is 18.6 Å². The largest absolute Gasteiger partial charge is 0.472 e. The summed E-state index contributed by atoms with van der Waals surface area (Å²) in [7, 11) is -4.62. The van der Waals surface area contributed by atoms with E-state index in [4.69, 9.17) is 23.6 Å². The number of phosphoric ester groups is 1. The molecular formula is C47H87O10P. The van der Waals surface area contributed by atoms with E-state index in [1.807, 2.05) is 0 Å². The summed E-state index contributed by atoms with van der Waals surface area (Å²) < 4.78 is 32.8. The average molecular weight is 843 g/mol. The van der Waals surface area contributed by atoms with E-state index in [0.29, 0.717) is 12.8 Å². The number of carbonyl (C=O) groups excluding carboxylic acids is 2. The predicted molar refractivity (Wildman–Crippen MR) is 238 cm³/mol. The van der Waals surface area contributed by atoms with Crippen LogP contribution in [-0.2, 0) is 32.7 Å². The van der Waals surface area contributed by atoms with Gasteiger partial charge in [0.1, 0.15) is 12.7 Å². The Labute approximate surface area is 354 Å². The lowest BCUT2D eigenvalue weighted by Gasteiger charge is -2.20. The first-order valence-corrected chi connectivity index (χ1v) is 24.9. The quantitative estimate of drug-likeness (QED) is 0.0234. The summed E-state index contributed by atoms with van der Waals surface area (Å²) >= 11 is 0. The van der Waals surface area contributed by atoms with Gasteiger partial charge in [0.25, 0.3) is 0 Å².